The number of ether oxygens (including phenoxy) is 1. The number of β-lactam (4-membered cyclic amide) rings is 1. The van der Waals surface area contributed by atoms with Gasteiger partial charge < -0.3 is 37.2 Å². The lowest BCUT2D eigenvalue weighted by Gasteiger charge is -2.43. The van der Waals surface area contributed by atoms with Crippen molar-refractivity contribution in [1.82, 2.24) is 29.4 Å². The van der Waals surface area contributed by atoms with Crippen LogP contribution in [-0.4, -0.2) is 109 Å². The molecule has 9 N–H and O–H groups in total. The van der Waals surface area contributed by atoms with E-state index in [2.05, 4.69) is 30.5 Å². The van der Waals surface area contributed by atoms with E-state index in [1.807, 2.05) is 0 Å². The lowest BCUT2D eigenvalue weighted by Crippen LogP contribution is -2.73. The third-order valence-corrected chi connectivity index (χ3v) is 7.66. The van der Waals surface area contributed by atoms with Crippen molar-refractivity contribution in [2.45, 2.75) is 24.7 Å². The smallest absolute Gasteiger partial charge is 0.362 e. The molecule has 0 unspecified atom stereocenters. The van der Waals surface area contributed by atoms with Crippen LogP contribution < -0.4 is 27.3 Å². The fourth-order valence-electron chi connectivity index (χ4n) is 3.90. The van der Waals surface area contributed by atoms with Gasteiger partial charge in [-0.05, 0) is 24.3 Å². The molecule has 1 fully saturated rings. The minimum absolute atomic E-state index is 0.0297. The van der Waals surface area contributed by atoms with Crippen molar-refractivity contribution in [1.29, 1.82) is 0 Å². The number of amidine groups is 1. The average molecular weight is 666 g/mol. The molecule has 1 saturated heterocycles. The Morgan fingerprint density at radius 2 is 1.98 bits per heavy atom. The summed E-state index contributed by atoms with van der Waals surface area (Å²) in [4.78, 5) is 54.8. The molecule has 3 atom stereocenters. The number of oxime groups is 1. The number of hydrogen-bond acceptors (Lipinski definition) is 15. The van der Waals surface area contributed by atoms with Crippen LogP contribution in [0.5, 0.6) is 5.75 Å². The van der Waals surface area contributed by atoms with Gasteiger partial charge in [0, 0.05) is 17.5 Å². The van der Waals surface area contributed by atoms with Gasteiger partial charge in [-0.2, -0.15) is 13.5 Å². The molecular weight excluding hydrogens is 638 g/mol. The number of carboxylic acids is 1. The first-order valence-corrected chi connectivity index (χ1v) is 15.0. The number of anilines is 1. The molecular formula is C23H27N11O9S2. The zero-order valence-corrected chi connectivity index (χ0v) is 24.7. The molecule has 0 radical (unpaired) electrons. The summed E-state index contributed by atoms with van der Waals surface area (Å²) < 4.78 is 40.0. The maximum atomic E-state index is 13.3. The van der Waals surface area contributed by atoms with Crippen molar-refractivity contribution >= 4 is 56.1 Å². The number of nitrogen functional groups attached to an aromatic ring is 1. The summed E-state index contributed by atoms with van der Waals surface area (Å²) in [5.41, 5.74) is 16.9. The summed E-state index contributed by atoms with van der Waals surface area (Å²) in [6, 6.07) is 3.50. The second-order valence-corrected chi connectivity index (χ2v) is 11.3. The summed E-state index contributed by atoms with van der Waals surface area (Å²) in [5, 5.41) is 20.9. The molecule has 3 aromatic rings. The van der Waals surface area contributed by atoms with E-state index >= 15 is 0 Å². The molecule has 4 rings (SSSR count). The number of aliphatic imine (C=N–C) groups is 1. The Labute approximate surface area is 258 Å². The van der Waals surface area contributed by atoms with Crippen LogP contribution in [0.3, 0.4) is 0 Å². The summed E-state index contributed by atoms with van der Waals surface area (Å²) in [5.74, 6) is -3.20. The van der Waals surface area contributed by atoms with Crippen LogP contribution in [0, 0.1) is 0 Å². The third kappa shape index (κ3) is 8.05. The Bertz CT molecular complexity index is 1690. The maximum absolute atomic E-state index is 13.3. The number of aliphatic carboxylic acids is 1. The minimum Gasteiger partial charge on any atom is -0.489 e. The molecule has 20 nitrogen and oxygen atoms in total. The molecule has 3 heterocycles. The Hall–Kier alpha value is -5.19. The normalized spacial score (nSPS) is 17.8. The standard InChI is InChI=1S/C23H27N11O9S2/c24-5-6-28-19(25)12-1-3-13(4-2-12)42-8-16(22(37)38)43-32-17(14-9-44-23(26)30-14)20(35)31-18-15(7-33-11-27-10-29-33)34(21(18)36)45(39,40)41/h1-4,9-11,15-16,18H,5-8,24H2,(H2,25,28)(H2,26,30)(H,31,35)(H,37,38)(H,39,40,41)/t15-,16-,18-/m0/s1. The summed E-state index contributed by atoms with van der Waals surface area (Å²) in [6.45, 7) is -0.140. The van der Waals surface area contributed by atoms with Crippen molar-refractivity contribution in [3.63, 3.8) is 0 Å². The quantitative estimate of drug-likeness (QED) is 0.0320. The van der Waals surface area contributed by atoms with Crippen LogP contribution in [0.4, 0.5) is 5.13 Å². The molecule has 0 aliphatic carbocycles. The molecule has 0 saturated carbocycles. The van der Waals surface area contributed by atoms with E-state index < -0.39 is 58.6 Å². The van der Waals surface area contributed by atoms with E-state index in [0.29, 0.717) is 18.7 Å². The molecule has 0 bridgehead atoms. The first-order chi connectivity index (χ1) is 21.4. The SMILES string of the molecule is NCCN=C(N)c1ccc(OC[C@H](ON=C(C(=O)N[C@@H]2C(=O)N(S(=O)(=O)O)[C@H]2Cn2cncn2)c2csc(N)n2)C(=O)O)cc1. The van der Waals surface area contributed by atoms with Gasteiger partial charge in [0.25, 0.3) is 17.9 Å². The topological polar surface area (TPSA) is 306 Å². The monoisotopic (exact) mass is 665 g/mol. The van der Waals surface area contributed by atoms with Gasteiger partial charge in [0.1, 0.15) is 42.6 Å². The Kier molecular flexibility index (Phi) is 10.2. The van der Waals surface area contributed by atoms with Gasteiger partial charge in [-0.1, -0.05) is 5.16 Å². The van der Waals surface area contributed by atoms with E-state index in [9.17, 15) is 32.5 Å². The molecule has 240 valence electrons. The number of nitrogens with one attached hydrogen (secondary N) is 1. The summed E-state index contributed by atoms with van der Waals surface area (Å²) >= 11 is 0.931. The third-order valence-electron chi connectivity index (χ3n) is 6.03. The van der Waals surface area contributed by atoms with Crippen molar-refractivity contribution in [3.8, 4) is 5.75 Å². The molecule has 2 amide bonds. The van der Waals surface area contributed by atoms with Crippen LogP contribution in [0.25, 0.3) is 0 Å². The lowest BCUT2D eigenvalue weighted by atomic mass is 9.98. The molecule has 45 heavy (non-hydrogen) atoms. The van der Waals surface area contributed by atoms with E-state index in [1.165, 1.54) is 28.5 Å². The fraction of sp³-hybridized carbons (Fsp3) is 0.304. The van der Waals surface area contributed by atoms with Crippen molar-refractivity contribution in [2.24, 2.45) is 21.6 Å². The van der Waals surface area contributed by atoms with E-state index in [-0.39, 0.29) is 33.3 Å². The Morgan fingerprint density at radius 1 is 1.24 bits per heavy atom. The largest absolute Gasteiger partial charge is 0.489 e. The molecule has 2 aromatic heterocycles. The number of benzene rings is 1. The van der Waals surface area contributed by atoms with Crippen LogP contribution in [0.15, 0.2) is 52.4 Å². The van der Waals surface area contributed by atoms with Crippen LogP contribution in [-0.2, 0) is 36.1 Å². The molecule has 1 aromatic carbocycles. The van der Waals surface area contributed by atoms with Gasteiger partial charge in [0.05, 0.1) is 19.1 Å². The van der Waals surface area contributed by atoms with Crippen LogP contribution in [0.1, 0.15) is 11.3 Å². The van der Waals surface area contributed by atoms with Crippen molar-refractivity contribution in [2.75, 3.05) is 25.4 Å². The van der Waals surface area contributed by atoms with Crippen molar-refractivity contribution in [3.05, 3.63) is 53.6 Å². The second kappa shape index (κ2) is 14.1. The second-order valence-electron chi connectivity index (χ2n) is 9.08. The van der Waals surface area contributed by atoms with Crippen LogP contribution in [0.2, 0.25) is 0 Å². The highest BCUT2D eigenvalue weighted by Crippen LogP contribution is 2.25. The van der Waals surface area contributed by atoms with Crippen molar-refractivity contribution < 1.29 is 42.0 Å². The van der Waals surface area contributed by atoms with Gasteiger partial charge in [0.15, 0.2) is 10.8 Å². The number of carbonyl (C=O) groups excluding carboxylic acids is 2. The van der Waals surface area contributed by atoms with Gasteiger partial charge in [-0.15, -0.1) is 11.3 Å². The molecule has 0 spiro atoms. The highest BCUT2D eigenvalue weighted by Gasteiger charge is 2.54. The fourth-order valence-corrected chi connectivity index (χ4v) is 5.32. The number of aromatic nitrogens is 4. The first kappa shape index (κ1) is 32.7. The molecule has 1 aliphatic rings. The predicted octanol–water partition coefficient (Wildman–Crippen LogP) is -2.57. The number of amides is 2. The number of nitrogens with zero attached hydrogens (tertiary/aromatic N) is 7. The number of nitrogens with two attached hydrogens (primary N) is 3. The lowest BCUT2D eigenvalue weighted by molar-refractivity contribution is -0.152. The van der Waals surface area contributed by atoms with Gasteiger partial charge in [-0.25, -0.2) is 19.1 Å². The molecule has 22 heteroatoms. The zero-order valence-electron chi connectivity index (χ0n) is 23.0. The average Bonchev–Trinajstić information content (AvgIpc) is 3.67. The first-order valence-electron chi connectivity index (χ1n) is 12.7. The minimum atomic E-state index is -4.98. The number of hydrogen-bond donors (Lipinski definition) is 6. The van der Waals surface area contributed by atoms with Crippen LogP contribution >= 0.6 is 11.3 Å². The Balaban J connectivity index is 1.49. The number of carbonyl (C=O) groups is 3. The Morgan fingerprint density at radius 3 is 2.56 bits per heavy atom. The molecule has 1 aliphatic heterocycles. The number of thiazole rings is 1. The highest BCUT2D eigenvalue weighted by atomic mass is 32.2. The number of carboxylic acid groups (broad SMARTS) is 1. The van der Waals surface area contributed by atoms with E-state index in [4.69, 9.17) is 26.8 Å². The summed E-state index contributed by atoms with van der Waals surface area (Å²) in [6.07, 6.45) is 0.673. The van der Waals surface area contributed by atoms with E-state index in [1.54, 1.807) is 12.1 Å². The van der Waals surface area contributed by atoms with Gasteiger partial charge in [0.2, 0.25) is 0 Å². The maximum Gasteiger partial charge on any atom is 0.362 e. The van der Waals surface area contributed by atoms with Gasteiger partial charge >= 0.3 is 16.3 Å². The zero-order chi connectivity index (χ0) is 32.7. The highest BCUT2D eigenvalue weighted by molar-refractivity contribution is 7.84. The predicted molar refractivity (Wildman–Crippen MR) is 156 cm³/mol. The van der Waals surface area contributed by atoms with E-state index in [0.717, 1.165) is 17.7 Å². The summed E-state index contributed by atoms with van der Waals surface area (Å²) in [7, 11) is -4.98. The van der Waals surface area contributed by atoms with Gasteiger partial charge in [-0.3, -0.25) is 23.8 Å². The number of rotatable bonds is 15.